The van der Waals surface area contributed by atoms with Crippen molar-refractivity contribution < 1.29 is 0 Å². The Kier molecular flexibility index (Phi) is 4.29. The molecule has 7 heteroatoms. The number of halogens is 1. The average Bonchev–Trinajstić information content (AvgIpc) is 3.27. The molecule has 0 amide bonds. The van der Waals surface area contributed by atoms with Crippen LogP contribution in [0.3, 0.4) is 0 Å². The number of para-hydroxylation sites is 2. The average molecular weight is 443 g/mol. The molecule has 3 aromatic carbocycles. The minimum atomic E-state index is 0.0422. The maximum atomic E-state index is 8.64. The predicted octanol–water partition coefficient (Wildman–Crippen LogP) is 4.31. The number of H-pyrrole nitrogens is 1. The number of fused-ring (bicyclic) bond motifs is 3. The molecule has 1 aliphatic heterocycles. The summed E-state index contributed by atoms with van der Waals surface area (Å²) in [5, 5.41) is 10.4. The topological polar surface area (TPSA) is 80.0 Å². The zero-order valence-electron chi connectivity index (χ0n) is 15.2. The largest absolute Gasteiger partial charge is 0.338 e. The number of aromatic amines is 1. The highest BCUT2D eigenvalue weighted by atomic mass is 79.9. The van der Waals surface area contributed by atoms with E-state index >= 15 is 0 Å². The molecule has 2 N–H and O–H groups in total. The Morgan fingerprint density at radius 3 is 2.21 bits per heavy atom. The van der Waals surface area contributed by atoms with Gasteiger partial charge in [0.1, 0.15) is 5.36 Å². The van der Waals surface area contributed by atoms with E-state index in [0.29, 0.717) is 5.49 Å². The molecule has 0 spiro atoms. The van der Waals surface area contributed by atoms with Gasteiger partial charge in [-0.05, 0) is 42.5 Å². The molecular formula is C22H15BrN6. The SMILES string of the molecule is N=C(/N=C1\N=c2[nH]c3ccc(Br)cc3c2=N1)N(c1ccccc1)c1ccccc1. The van der Waals surface area contributed by atoms with Crippen molar-refractivity contribution in [1.82, 2.24) is 4.98 Å². The molecule has 140 valence electrons. The fourth-order valence-corrected chi connectivity index (χ4v) is 3.66. The maximum absolute atomic E-state index is 8.64. The van der Waals surface area contributed by atoms with E-state index in [2.05, 4.69) is 35.9 Å². The zero-order valence-corrected chi connectivity index (χ0v) is 16.8. The number of nitrogens with zero attached hydrogens (tertiary/aromatic N) is 4. The summed E-state index contributed by atoms with van der Waals surface area (Å²) in [6.45, 7) is 0. The minimum Gasteiger partial charge on any atom is -0.338 e. The first-order valence-corrected chi connectivity index (χ1v) is 9.80. The summed E-state index contributed by atoms with van der Waals surface area (Å²) in [7, 11) is 0. The number of guanidine groups is 2. The summed E-state index contributed by atoms with van der Waals surface area (Å²) in [6, 6.07) is 25.3. The lowest BCUT2D eigenvalue weighted by molar-refractivity contribution is 1.23. The van der Waals surface area contributed by atoms with Gasteiger partial charge < -0.3 is 4.98 Å². The second kappa shape index (κ2) is 7.10. The lowest BCUT2D eigenvalue weighted by atomic mass is 10.2. The molecule has 0 aliphatic carbocycles. The van der Waals surface area contributed by atoms with E-state index in [-0.39, 0.29) is 11.9 Å². The van der Waals surface area contributed by atoms with Crippen LogP contribution >= 0.6 is 15.9 Å². The van der Waals surface area contributed by atoms with Gasteiger partial charge in [-0.1, -0.05) is 52.3 Å². The molecular weight excluding hydrogens is 428 g/mol. The third-order valence-electron chi connectivity index (χ3n) is 4.58. The highest BCUT2D eigenvalue weighted by Crippen LogP contribution is 2.25. The van der Waals surface area contributed by atoms with Crippen molar-refractivity contribution in [3.63, 3.8) is 0 Å². The second-order valence-electron chi connectivity index (χ2n) is 6.48. The Labute approximate surface area is 174 Å². The van der Waals surface area contributed by atoms with Gasteiger partial charge in [-0.3, -0.25) is 10.3 Å². The Morgan fingerprint density at radius 1 is 0.897 bits per heavy atom. The lowest BCUT2D eigenvalue weighted by Gasteiger charge is -2.22. The van der Waals surface area contributed by atoms with Gasteiger partial charge in [-0.15, -0.1) is 0 Å². The molecule has 2 heterocycles. The number of aromatic nitrogens is 1. The summed E-state index contributed by atoms with van der Waals surface area (Å²) in [5.74, 6) is 0.301. The van der Waals surface area contributed by atoms with Gasteiger partial charge in [0.15, 0.2) is 5.49 Å². The fraction of sp³-hybridized carbons (Fsp3) is 0. The van der Waals surface area contributed by atoms with E-state index in [9.17, 15) is 0 Å². The number of benzene rings is 3. The number of aliphatic imine (C=N–C) groups is 1. The lowest BCUT2D eigenvalue weighted by Crippen LogP contribution is -2.24. The van der Waals surface area contributed by atoms with Crippen molar-refractivity contribution in [2.45, 2.75) is 0 Å². The van der Waals surface area contributed by atoms with Crippen molar-refractivity contribution in [3.05, 3.63) is 94.2 Å². The van der Waals surface area contributed by atoms with E-state index in [1.165, 1.54) is 0 Å². The molecule has 6 nitrogen and oxygen atoms in total. The first kappa shape index (κ1) is 17.5. The van der Waals surface area contributed by atoms with Crippen LogP contribution in [0, 0.1) is 5.41 Å². The van der Waals surface area contributed by atoms with Gasteiger partial charge in [0.05, 0.1) is 0 Å². The highest BCUT2D eigenvalue weighted by molar-refractivity contribution is 9.10. The van der Waals surface area contributed by atoms with Gasteiger partial charge in [-0.2, -0.15) is 9.98 Å². The van der Waals surface area contributed by atoms with Gasteiger partial charge in [0, 0.05) is 26.8 Å². The van der Waals surface area contributed by atoms with Crippen molar-refractivity contribution in [2.75, 3.05) is 4.90 Å². The summed E-state index contributed by atoms with van der Waals surface area (Å²) in [5.41, 5.74) is 3.32. The Hall–Kier alpha value is -3.58. The molecule has 0 fully saturated rings. The monoisotopic (exact) mass is 442 g/mol. The zero-order chi connectivity index (χ0) is 19.8. The van der Waals surface area contributed by atoms with Crippen molar-refractivity contribution in [2.24, 2.45) is 15.0 Å². The molecule has 0 saturated heterocycles. The van der Waals surface area contributed by atoms with Crippen molar-refractivity contribution in [3.8, 4) is 0 Å². The van der Waals surface area contributed by atoms with Crippen LogP contribution in [0.1, 0.15) is 0 Å². The van der Waals surface area contributed by atoms with Crippen LogP contribution in [0.2, 0.25) is 0 Å². The normalized spacial score (nSPS) is 13.8. The maximum Gasteiger partial charge on any atom is 0.255 e. The van der Waals surface area contributed by atoms with Crippen LogP contribution in [0.4, 0.5) is 11.4 Å². The Morgan fingerprint density at radius 2 is 1.55 bits per heavy atom. The summed E-state index contributed by atoms with van der Waals surface area (Å²) < 4.78 is 0.972. The van der Waals surface area contributed by atoms with Gasteiger partial charge in [0.2, 0.25) is 5.96 Å². The molecule has 0 radical (unpaired) electrons. The molecule has 0 atom stereocenters. The number of hydrogen-bond acceptors (Lipinski definition) is 1. The van der Waals surface area contributed by atoms with E-state index < -0.39 is 0 Å². The molecule has 0 saturated carbocycles. The molecule has 1 aliphatic rings. The summed E-state index contributed by atoms with van der Waals surface area (Å²) in [4.78, 5) is 18.4. The predicted molar refractivity (Wildman–Crippen MR) is 118 cm³/mol. The van der Waals surface area contributed by atoms with Crippen LogP contribution in [0.5, 0.6) is 0 Å². The van der Waals surface area contributed by atoms with E-state index in [1.807, 2.05) is 78.9 Å². The fourth-order valence-electron chi connectivity index (χ4n) is 3.30. The Balaban J connectivity index is 1.57. The molecule has 29 heavy (non-hydrogen) atoms. The van der Waals surface area contributed by atoms with Crippen LogP contribution in [0.15, 0.2) is 98.3 Å². The summed E-state index contributed by atoms with van der Waals surface area (Å²) >= 11 is 3.49. The smallest absolute Gasteiger partial charge is 0.255 e. The van der Waals surface area contributed by atoms with E-state index in [4.69, 9.17) is 5.41 Å². The highest BCUT2D eigenvalue weighted by Gasteiger charge is 2.17. The number of anilines is 2. The summed E-state index contributed by atoms with van der Waals surface area (Å²) in [6.07, 6.45) is 0. The Bertz CT molecular complexity index is 1330. The van der Waals surface area contributed by atoms with E-state index in [0.717, 1.165) is 32.1 Å². The van der Waals surface area contributed by atoms with Crippen molar-refractivity contribution in [1.29, 1.82) is 5.41 Å². The number of rotatable bonds is 2. The van der Waals surface area contributed by atoms with E-state index in [1.54, 1.807) is 4.90 Å². The molecule has 0 unspecified atom stereocenters. The van der Waals surface area contributed by atoms with Crippen LogP contribution in [-0.2, 0) is 0 Å². The van der Waals surface area contributed by atoms with Crippen LogP contribution in [-0.4, -0.2) is 16.9 Å². The van der Waals surface area contributed by atoms with Crippen LogP contribution < -0.4 is 15.7 Å². The van der Waals surface area contributed by atoms with Crippen molar-refractivity contribution >= 4 is 50.1 Å². The third kappa shape index (κ3) is 3.25. The van der Waals surface area contributed by atoms with Crippen LogP contribution in [0.25, 0.3) is 10.9 Å². The standard InChI is InChI=1S/C22H15BrN6/c23-14-11-12-18-17(13-14)19-20(25-18)27-22(26-19)28-21(24)29(15-7-3-1-4-8-15)16-9-5-2-6-10-16/h1-13H,(H2,24,25,26,27,28). The molecule has 5 rings (SSSR count). The first-order chi connectivity index (χ1) is 14.2. The van der Waals surface area contributed by atoms with Gasteiger partial charge in [-0.25, -0.2) is 4.99 Å². The van der Waals surface area contributed by atoms with Gasteiger partial charge in [0.25, 0.3) is 5.96 Å². The molecule has 1 aromatic heterocycles. The molecule has 0 bridgehead atoms. The number of hydrogen-bond donors (Lipinski definition) is 2. The minimum absolute atomic E-state index is 0.0422. The number of nitrogens with one attached hydrogen (secondary N) is 2. The molecule has 4 aromatic rings. The second-order valence-corrected chi connectivity index (χ2v) is 7.39. The third-order valence-corrected chi connectivity index (χ3v) is 5.08. The first-order valence-electron chi connectivity index (χ1n) is 9.01. The van der Waals surface area contributed by atoms with Gasteiger partial charge >= 0.3 is 0 Å². The quantitative estimate of drug-likeness (QED) is 0.351.